The molecule has 2 fully saturated rings. The smallest absolute Gasteiger partial charge is 0.410 e. The molecular weight excluding hydrogens is 530 g/mol. The van der Waals surface area contributed by atoms with Gasteiger partial charge in [-0.15, -0.1) is 0 Å². The maximum atomic E-state index is 13.7. The SMILES string of the molecule is CC(C)(C)OC(=O)N1CCC(CCn2cc3c(n2)C(=O)N[C@H](Cc2ccccc2)CN3C(=O)CCC2CCCC2)CC1. The molecule has 1 N–H and O–H groups in total. The fourth-order valence-electron chi connectivity index (χ4n) is 6.56. The van der Waals surface area contributed by atoms with Crippen LogP contribution in [0.5, 0.6) is 0 Å². The molecule has 1 saturated carbocycles. The third kappa shape index (κ3) is 7.92. The minimum atomic E-state index is -0.494. The van der Waals surface area contributed by atoms with Crippen LogP contribution in [0.3, 0.4) is 0 Å². The Labute approximate surface area is 250 Å². The number of benzene rings is 1. The lowest BCUT2D eigenvalue weighted by atomic mass is 9.94. The maximum Gasteiger partial charge on any atom is 0.410 e. The molecule has 9 nitrogen and oxygen atoms in total. The quantitative estimate of drug-likeness (QED) is 0.442. The standard InChI is InChI=1S/C33H47N5O4/c1-33(2,3)42-32(41)36-18-15-25(16-19-36)17-20-37-23-28-30(35-37)31(40)34-27(21-26-11-5-4-6-12-26)22-38(28)29(39)14-13-24-9-7-8-10-24/h4-6,11-12,23-25,27H,7-10,13-22H2,1-3H3,(H,34,40)/t27-/m1/s1. The number of nitrogens with zero attached hydrogens (tertiary/aromatic N) is 4. The van der Waals surface area contributed by atoms with E-state index in [1.165, 1.54) is 25.7 Å². The summed E-state index contributed by atoms with van der Waals surface area (Å²) in [6.45, 7) is 8.13. The lowest BCUT2D eigenvalue weighted by molar-refractivity contribution is -0.119. The Kier molecular flexibility index (Phi) is 9.53. The predicted octanol–water partition coefficient (Wildman–Crippen LogP) is 5.58. The van der Waals surface area contributed by atoms with E-state index in [9.17, 15) is 14.4 Å². The van der Waals surface area contributed by atoms with Crippen LogP contribution in [0, 0.1) is 11.8 Å². The summed E-state index contributed by atoms with van der Waals surface area (Å²) in [5.74, 6) is 0.943. The van der Waals surface area contributed by atoms with E-state index in [0.29, 0.717) is 62.2 Å². The first kappa shape index (κ1) is 30.1. The van der Waals surface area contributed by atoms with Gasteiger partial charge in [-0.3, -0.25) is 14.3 Å². The maximum absolute atomic E-state index is 13.7. The molecule has 0 bridgehead atoms. The van der Waals surface area contributed by atoms with Gasteiger partial charge in [0.1, 0.15) is 5.60 Å². The summed E-state index contributed by atoms with van der Waals surface area (Å²) in [5.41, 5.74) is 1.59. The van der Waals surface area contributed by atoms with Gasteiger partial charge in [0.2, 0.25) is 5.91 Å². The zero-order valence-corrected chi connectivity index (χ0v) is 25.5. The molecule has 9 heteroatoms. The van der Waals surface area contributed by atoms with Crippen LogP contribution >= 0.6 is 0 Å². The van der Waals surface area contributed by atoms with E-state index in [2.05, 4.69) is 17.4 Å². The van der Waals surface area contributed by atoms with E-state index >= 15 is 0 Å². The number of hydrogen-bond donors (Lipinski definition) is 1. The Morgan fingerprint density at radius 2 is 1.69 bits per heavy atom. The zero-order valence-electron chi connectivity index (χ0n) is 25.5. The third-order valence-electron chi connectivity index (χ3n) is 8.89. The molecule has 228 valence electrons. The van der Waals surface area contributed by atoms with E-state index in [-0.39, 0.29) is 23.9 Å². The van der Waals surface area contributed by atoms with Crippen molar-refractivity contribution in [2.75, 3.05) is 24.5 Å². The summed E-state index contributed by atoms with van der Waals surface area (Å²) in [6.07, 6.45) is 11.4. The molecule has 0 radical (unpaired) electrons. The number of aryl methyl sites for hydroxylation is 1. The number of carbonyl (C=O) groups excluding carboxylic acids is 3. The highest BCUT2D eigenvalue weighted by atomic mass is 16.6. The van der Waals surface area contributed by atoms with Crippen molar-refractivity contribution in [3.8, 4) is 0 Å². The number of piperidine rings is 1. The van der Waals surface area contributed by atoms with Crippen LogP contribution in [0.2, 0.25) is 0 Å². The average Bonchev–Trinajstić information content (AvgIpc) is 3.61. The lowest BCUT2D eigenvalue weighted by Gasteiger charge is -2.33. The van der Waals surface area contributed by atoms with Gasteiger partial charge in [-0.25, -0.2) is 4.79 Å². The van der Waals surface area contributed by atoms with Crippen molar-refractivity contribution in [2.45, 2.75) is 103 Å². The molecule has 3 aliphatic rings. The van der Waals surface area contributed by atoms with Crippen molar-refractivity contribution in [1.82, 2.24) is 20.0 Å². The summed E-state index contributed by atoms with van der Waals surface area (Å²) >= 11 is 0. The molecule has 2 aliphatic heterocycles. The first-order chi connectivity index (χ1) is 20.1. The molecule has 1 aromatic heterocycles. The highest BCUT2D eigenvalue weighted by Gasteiger charge is 2.33. The fourth-order valence-corrected chi connectivity index (χ4v) is 6.56. The number of nitrogens with one attached hydrogen (secondary N) is 1. The highest BCUT2D eigenvalue weighted by molar-refractivity contribution is 6.04. The molecule has 42 heavy (non-hydrogen) atoms. The van der Waals surface area contributed by atoms with Gasteiger partial charge in [-0.1, -0.05) is 56.0 Å². The topological polar surface area (TPSA) is 96.8 Å². The number of aromatic nitrogens is 2. The number of hydrogen-bond acceptors (Lipinski definition) is 5. The molecule has 1 atom stereocenters. The van der Waals surface area contributed by atoms with Gasteiger partial charge in [-0.05, 0) is 70.3 Å². The van der Waals surface area contributed by atoms with Gasteiger partial charge in [0.25, 0.3) is 5.91 Å². The molecule has 3 amide bonds. The predicted molar refractivity (Wildman–Crippen MR) is 162 cm³/mol. The molecule has 3 heterocycles. The number of fused-ring (bicyclic) bond motifs is 1. The van der Waals surface area contributed by atoms with Gasteiger partial charge < -0.3 is 19.9 Å². The van der Waals surface area contributed by atoms with Crippen LogP contribution in [0.1, 0.15) is 94.6 Å². The first-order valence-electron chi connectivity index (χ1n) is 15.8. The van der Waals surface area contributed by atoms with Gasteiger partial charge in [0, 0.05) is 38.8 Å². The Balaban J connectivity index is 1.24. The second kappa shape index (κ2) is 13.3. The van der Waals surface area contributed by atoms with Crippen molar-refractivity contribution in [1.29, 1.82) is 0 Å². The second-order valence-corrected chi connectivity index (χ2v) is 13.4. The van der Waals surface area contributed by atoms with Crippen LogP contribution in [0.25, 0.3) is 0 Å². The van der Waals surface area contributed by atoms with Gasteiger partial charge in [0.15, 0.2) is 5.69 Å². The number of anilines is 1. The Bertz CT molecular complexity index is 1220. The van der Waals surface area contributed by atoms with Gasteiger partial charge >= 0.3 is 6.09 Å². The minimum absolute atomic E-state index is 0.0757. The highest BCUT2D eigenvalue weighted by Crippen LogP contribution is 2.31. The van der Waals surface area contributed by atoms with Crippen LogP contribution in [-0.4, -0.2) is 63.9 Å². The van der Waals surface area contributed by atoms with Crippen molar-refractivity contribution in [3.05, 3.63) is 47.8 Å². The van der Waals surface area contributed by atoms with E-state index in [1.807, 2.05) is 54.7 Å². The molecule has 0 spiro atoms. The third-order valence-corrected chi connectivity index (χ3v) is 8.89. The van der Waals surface area contributed by atoms with E-state index in [4.69, 9.17) is 9.84 Å². The molecule has 1 aromatic carbocycles. The zero-order chi connectivity index (χ0) is 29.7. The monoisotopic (exact) mass is 577 g/mol. The number of likely N-dealkylation sites (tertiary alicyclic amines) is 1. The number of rotatable bonds is 8. The number of carbonyl (C=O) groups is 3. The van der Waals surface area contributed by atoms with Crippen LogP contribution in [0.4, 0.5) is 10.5 Å². The van der Waals surface area contributed by atoms with E-state index in [0.717, 1.165) is 31.2 Å². The molecule has 1 aliphatic carbocycles. The van der Waals surface area contributed by atoms with Crippen molar-refractivity contribution in [2.24, 2.45) is 11.8 Å². The molecule has 0 unspecified atom stereocenters. The molecule has 5 rings (SSSR count). The van der Waals surface area contributed by atoms with Crippen molar-refractivity contribution < 1.29 is 19.1 Å². The lowest BCUT2D eigenvalue weighted by Crippen LogP contribution is -2.44. The minimum Gasteiger partial charge on any atom is -0.444 e. The average molecular weight is 578 g/mol. The normalized spacial score (nSPS) is 20.3. The van der Waals surface area contributed by atoms with Crippen molar-refractivity contribution in [3.63, 3.8) is 0 Å². The summed E-state index contributed by atoms with van der Waals surface area (Å²) < 4.78 is 7.36. The summed E-state index contributed by atoms with van der Waals surface area (Å²) in [7, 11) is 0. The van der Waals surface area contributed by atoms with Crippen LogP contribution < -0.4 is 10.2 Å². The Morgan fingerprint density at radius 3 is 2.38 bits per heavy atom. The summed E-state index contributed by atoms with van der Waals surface area (Å²) in [6, 6.07) is 9.91. The summed E-state index contributed by atoms with van der Waals surface area (Å²) in [4.78, 5) is 43.1. The first-order valence-corrected chi connectivity index (χ1v) is 15.8. The number of ether oxygens (including phenoxy) is 1. The fraction of sp³-hybridized carbons (Fsp3) is 0.636. The number of amides is 3. The summed E-state index contributed by atoms with van der Waals surface area (Å²) in [5, 5.41) is 7.86. The molecular formula is C33H47N5O4. The van der Waals surface area contributed by atoms with Crippen LogP contribution in [0.15, 0.2) is 36.5 Å². The molecule has 2 aromatic rings. The van der Waals surface area contributed by atoms with Crippen molar-refractivity contribution >= 4 is 23.6 Å². The Morgan fingerprint density at radius 1 is 1.00 bits per heavy atom. The second-order valence-electron chi connectivity index (χ2n) is 13.4. The van der Waals surface area contributed by atoms with E-state index < -0.39 is 5.60 Å². The van der Waals surface area contributed by atoms with Crippen LogP contribution in [-0.2, 0) is 22.5 Å². The Hall–Kier alpha value is -3.36. The van der Waals surface area contributed by atoms with Gasteiger partial charge in [-0.2, -0.15) is 5.10 Å². The van der Waals surface area contributed by atoms with E-state index in [1.54, 1.807) is 4.90 Å². The molecule has 1 saturated heterocycles. The largest absolute Gasteiger partial charge is 0.444 e. The van der Waals surface area contributed by atoms with Gasteiger partial charge in [0.05, 0.1) is 11.7 Å².